The van der Waals surface area contributed by atoms with Gasteiger partial charge in [0, 0.05) is 6.20 Å². The first-order chi connectivity index (χ1) is 11.8. The first kappa shape index (κ1) is 15.9. The zero-order valence-electron chi connectivity index (χ0n) is 12.6. The summed E-state index contributed by atoms with van der Waals surface area (Å²) in [5.41, 5.74) is 1.17. The van der Waals surface area contributed by atoms with Gasteiger partial charge in [-0.2, -0.15) is 4.68 Å². The van der Waals surface area contributed by atoms with Crippen LogP contribution in [0.5, 0.6) is 0 Å². The molecule has 0 spiro atoms. The monoisotopic (exact) mass is 339 g/mol. The van der Waals surface area contributed by atoms with Gasteiger partial charge < -0.3 is 4.74 Å². The highest BCUT2D eigenvalue weighted by molar-refractivity contribution is 7.99. The van der Waals surface area contributed by atoms with Crippen molar-refractivity contribution in [1.29, 1.82) is 0 Å². The summed E-state index contributed by atoms with van der Waals surface area (Å²) in [6, 6.07) is 12.8. The maximum Gasteiger partial charge on any atom is 0.341 e. The molecule has 24 heavy (non-hydrogen) atoms. The van der Waals surface area contributed by atoms with Crippen LogP contribution in [0.25, 0.3) is 5.69 Å². The van der Waals surface area contributed by atoms with Crippen molar-refractivity contribution in [3.63, 3.8) is 0 Å². The first-order valence-electron chi connectivity index (χ1n) is 7.04. The van der Waals surface area contributed by atoms with Crippen molar-refractivity contribution >= 4 is 17.7 Å². The second-order valence-corrected chi connectivity index (χ2v) is 5.51. The molecule has 1 aromatic carbocycles. The van der Waals surface area contributed by atoms with E-state index in [2.05, 4.69) is 27.1 Å². The van der Waals surface area contributed by atoms with Gasteiger partial charge in [0.05, 0.1) is 11.3 Å². The summed E-state index contributed by atoms with van der Waals surface area (Å²) in [7, 11) is 0. The number of esters is 1. The molecule has 0 N–H and O–H groups in total. The molecule has 2 heterocycles. The molecule has 0 bridgehead atoms. The molecule has 0 aliphatic heterocycles. The van der Waals surface area contributed by atoms with E-state index in [0.29, 0.717) is 15.7 Å². The summed E-state index contributed by atoms with van der Waals surface area (Å²) in [6.45, 7) is 3.67. The van der Waals surface area contributed by atoms with E-state index in [0.717, 1.165) is 5.69 Å². The molecule has 0 aliphatic carbocycles. The second kappa shape index (κ2) is 7.51. The lowest BCUT2D eigenvalue weighted by molar-refractivity contribution is 0.0544. The molecule has 0 atom stereocenters. The van der Waals surface area contributed by atoms with Gasteiger partial charge in [-0.05, 0) is 46.5 Å². The number of hydrogen-bond donors (Lipinski definition) is 0. The third-order valence-corrected chi connectivity index (χ3v) is 3.91. The molecule has 3 rings (SSSR count). The predicted octanol–water partition coefficient (Wildman–Crippen LogP) is 2.55. The Morgan fingerprint density at radius 2 is 2.08 bits per heavy atom. The average Bonchev–Trinajstić information content (AvgIpc) is 3.09. The van der Waals surface area contributed by atoms with Gasteiger partial charge >= 0.3 is 5.97 Å². The Morgan fingerprint density at radius 3 is 2.88 bits per heavy atom. The minimum Gasteiger partial charge on any atom is -0.458 e. The number of pyridine rings is 1. The van der Waals surface area contributed by atoms with Crippen LogP contribution in [0.1, 0.15) is 10.4 Å². The van der Waals surface area contributed by atoms with Crippen LogP contribution < -0.4 is 0 Å². The molecule has 0 fully saturated rings. The van der Waals surface area contributed by atoms with Gasteiger partial charge in [0.1, 0.15) is 11.6 Å². The van der Waals surface area contributed by atoms with Crippen molar-refractivity contribution in [3.8, 4) is 5.69 Å². The van der Waals surface area contributed by atoms with E-state index in [9.17, 15) is 4.79 Å². The lowest BCUT2D eigenvalue weighted by Crippen LogP contribution is -2.08. The number of carbonyl (C=O) groups excluding carboxylic acids is 1. The van der Waals surface area contributed by atoms with Crippen LogP contribution in [0.3, 0.4) is 0 Å². The van der Waals surface area contributed by atoms with Gasteiger partial charge in [0.25, 0.3) is 0 Å². The SMILES string of the molecule is C=CCOC(=O)c1cccnc1Sc1nnnn1-c1ccccc1. The Kier molecular flexibility index (Phi) is 4.97. The highest BCUT2D eigenvalue weighted by atomic mass is 32.2. The van der Waals surface area contributed by atoms with Gasteiger partial charge in [0.2, 0.25) is 5.16 Å². The summed E-state index contributed by atoms with van der Waals surface area (Å²) in [4.78, 5) is 16.4. The fourth-order valence-electron chi connectivity index (χ4n) is 1.90. The minimum atomic E-state index is -0.468. The van der Waals surface area contributed by atoms with E-state index >= 15 is 0 Å². The molecule has 8 heteroatoms. The quantitative estimate of drug-likeness (QED) is 0.504. The van der Waals surface area contributed by atoms with Crippen molar-refractivity contribution < 1.29 is 9.53 Å². The Labute approximate surface area is 142 Å². The van der Waals surface area contributed by atoms with Crippen LogP contribution in [-0.2, 0) is 4.74 Å². The number of para-hydroxylation sites is 1. The molecule has 0 aliphatic rings. The minimum absolute atomic E-state index is 0.138. The first-order valence-corrected chi connectivity index (χ1v) is 7.86. The molecule has 0 saturated heterocycles. The molecule has 3 aromatic rings. The third kappa shape index (κ3) is 3.49. The van der Waals surface area contributed by atoms with Crippen molar-refractivity contribution in [3.05, 3.63) is 66.9 Å². The smallest absolute Gasteiger partial charge is 0.341 e. The molecule has 0 radical (unpaired) electrons. The number of ether oxygens (including phenoxy) is 1. The molecule has 7 nitrogen and oxygen atoms in total. The van der Waals surface area contributed by atoms with Crippen LogP contribution in [-0.4, -0.2) is 37.8 Å². The Bertz CT molecular complexity index is 850. The summed E-state index contributed by atoms with van der Waals surface area (Å²) in [5, 5.41) is 12.7. The van der Waals surface area contributed by atoms with Crippen molar-refractivity contribution in [1.82, 2.24) is 25.2 Å². The van der Waals surface area contributed by atoms with E-state index in [1.165, 1.54) is 17.8 Å². The van der Waals surface area contributed by atoms with Crippen LogP contribution >= 0.6 is 11.8 Å². The Morgan fingerprint density at radius 1 is 1.25 bits per heavy atom. The number of aromatic nitrogens is 5. The lowest BCUT2D eigenvalue weighted by Gasteiger charge is -2.07. The standard InChI is InChI=1S/C16H13N5O2S/c1-2-11-23-15(22)13-9-6-10-17-14(13)24-16-18-19-20-21(16)12-7-4-3-5-8-12/h2-10H,1,11H2. The highest BCUT2D eigenvalue weighted by Gasteiger charge is 2.18. The van der Waals surface area contributed by atoms with Crippen LogP contribution in [0.4, 0.5) is 0 Å². The molecule has 0 amide bonds. The Hall–Kier alpha value is -3.00. The maximum absolute atomic E-state index is 12.1. The topological polar surface area (TPSA) is 82.8 Å². The van der Waals surface area contributed by atoms with Gasteiger partial charge in [0.15, 0.2) is 0 Å². The molecule has 0 saturated carbocycles. The van der Waals surface area contributed by atoms with Crippen molar-refractivity contribution in [2.45, 2.75) is 10.2 Å². The van der Waals surface area contributed by atoms with E-state index in [1.54, 1.807) is 23.0 Å². The van der Waals surface area contributed by atoms with Gasteiger partial charge in [-0.1, -0.05) is 30.9 Å². The number of hydrogen-bond acceptors (Lipinski definition) is 7. The van der Waals surface area contributed by atoms with Crippen LogP contribution in [0.2, 0.25) is 0 Å². The average molecular weight is 339 g/mol. The third-order valence-electron chi connectivity index (χ3n) is 2.95. The molecule has 2 aromatic heterocycles. The zero-order valence-corrected chi connectivity index (χ0v) is 13.4. The van der Waals surface area contributed by atoms with Crippen molar-refractivity contribution in [2.24, 2.45) is 0 Å². The molecular weight excluding hydrogens is 326 g/mol. The largest absolute Gasteiger partial charge is 0.458 e. The zero-order chi connectivity index (χ0) is 16.8. The van der Waals surface area contributed by atoms with Crippen LogP contribution in [0.15, 0.2) is 71.5 Å². The lowest BCUT2D eigenvalue weighted by atomic mass is 10.3. The van der Waals surface area contributed by atoms with E-state index in [-0.39, 0.29) is 6.61 Å². The fraction of sp³-hybridized carbons (Fsp3) is 0.0625. The number of rotatable bonds is 6. The van der Waals surface area contributed by atoms with Crippen molar-refractivity contribution in [2.75, 3.05) is 6.61 Å². The number of carbonyl (C=O) groups is 1. The fourth-order valence-corrected chi connectivity index (χ4v) is 2.75. The highest BCUT2D eigenvalue weighted by Crippen LogP contribution is 2.28. The Balaban J connectivity index is 1.89. The molecule has 120 valence electrons. The van der Waals surface area contributed by atoms with E-state index < -0.39 is 5.97 Å². The van der Waals surface area contributed by atoms with Crippen LogP contribution in [0, 0.1) is 0 Å². The van der Waals surface area contributed by atoms with E-state index in [4.69, 9.17) is 4.74 Å². The summed E-state index contributed by atoms with van der Waals surface area (Å²) >= 11 is 1.19. The van der Waals surface area contributed by atoms with Gasteiger partial charge in [-0.3, -0.25) is 0 Å². The number of benzene rings is 1. The summed E-state index contributed by atoms with van der Waals surface area (Å²) in [5.74, 6) is -0.468. The number of nitrogens with zero attached hydrogens (tertiary/aromatic N) is 5. The number of tetrazole rings is 1. The van der Waals surface area contributed by atoms with Gasteiger partial charge in [-0.15, -0.1) is 5.10 Å². The molecular formula is C16H13N5O2S. The summed E-state index contributed by atoms with van der Waals surface area (Å²) < 4.78 is 6.66. The predicted molar refractivity (Wildman–Crippen MR) is 88.0 cm³/mol. The van der Waals surface area contributed by atoms with Gasteiger partial charge in [-0.25, -0.2) is 9.78 Å². The molecule has 0 unspecified atom stereocenters. The van der Waals surface area contributed by atoms with E-state index in [1.807, 2.05) is 30.3 Å². The summed E-state index contributed by atoms with van der Waals surface area (Å²) in [6.07, 6.45) is 3.11. The maximum atomic E-state index is 12.1. The normalized spacial score (nSPS) is 10.3. The second-order valence-electron chi connectivity index (χ2n) is 4.55.